The monoisotopic (exact) mass is 268 g/mol. The van der Waals surface area contributed by atoms with Crippen molar-refractivity contribution >= 4 is 17.3 Å². The zero-order valence-electron chi connectivity index (χ0n) is 12.1. The summed E-state index contributed by atoms with van der Waals surface area (Å²) in [6.07, 6.45) is 3.57. The molecule has 1 aromatic carbocycles. The van der Waals surface area contributed by atoms with Gasteiger partial charge in [-0.3, -0.25) is 0 Å². The zero-order chi connectivity index (χ0) is 13.9. The second-order valence-electron chi connectivity index (χ2n) is 5.15. The summed E-state index contributed by atoms with van der Waals surface area (Å²) in [6, 6.07) is 10.7. The number of para-hydroxylation sites is 1. The first-order valence-corrected chi connectivity index (χ1v) is 7.17. The molecule has 104 valence electrons. The standard InChI is InChI=1S/C16H20N4/c1-12-18-15(17-2)11-16(19-12)20-10-6-5-8-13-7-3-4-9-14(13)20/h3-4,7,9,11H,5-6,8,10H2,1-2H3,(H,17,18,19). The summed E-state index contributed by atoms with van der Waals surface area (Å²) < 4.78 is 0. The van der Waals surface area contributed by atoms with Gasteiger partial charge in [-0.15, -0.1) is 0 Å². The summed E-state index contributed by atoms with van der Waals surface area (Å²) in [5, 5.41) is 3.11. The molecule has 2 heterocycles. The van der Waals surface area contributed by atoms with E-state index in [4.69, 9.17) is 0 Å². The summed E-state index contributed by atoms with van der Waals surface area (Å²) in [7, 11) is 1.89. The fourth-order valence-corrected chi connectivity index (χ4v) is 2.75. The Morgan fingerprint density at radius 1 is 1.15 bits per heavy atom. The molecule has 0 aliphatic carbocycles. The molecule has 0 fully saturated rings. The van der Waals surface area contributed by atoms with Crippen LogP contribution in [0.25, 0.3) is 0 Å². The zero-order valence-corrected chi connectivity index (χ0v) is 12.1. The number of aromatic nitrogens is 2. The molecule has 1 aromatic heterocycles. The van der Waals surface area contributed by atoms with Crippen LogP contribution in [0.1, 0.15) is 24.2 Å². The van der Waals surface area contributed by atoms with E-state index in [0.29, 0.717) is 0 Å². The number of fused-ring (bicyclic) bond motifs is 1. The molecule has 0 saturated carbocycles. The van der Waals surface area contributed by atoms with E-state index in [1.54, 1.807) is 0 Å². The van der Waals surface area contributed by atoms with Crippen molar-refractivity contribution in [2.24, 2.45) is 0 Å². The van der Waals surface area contributed by atoms with Gasteiger partial charge in [0.2, 0.25) is 0 Å². The summed E-state index contributed by atoms with van der Waals surface area (Å²) in [6.45, 7) is 2.95. The number of hydrogen-bond donors (Lipinski definition) is 1. The van der Waals surface area contributed by atoms with Crippen molar-refractivity contribution in [1.82, 2.24) is 9.97 Å². The van der Waals surface area contributed by atoms with Gasteiger partial charge in [0, 0.05) is 25.3 Å². The molecule has 1 N–H and O–H groups in total. The maximum atomic E-state index is 4.62. The van der Waals surface area contributed by atoms with Crippen LogP contribution in [0.15, 0.2) is 30.3 Å². The van der Waals surface area contributed by atoms with Crippen molar-refractivity contribution < 1.29 is 0 Å². The van der Waals surface area contributed by atoms with E-state index in [1.807, 2.05) is 20.0 Å². The Morgan fingerprint density at radius 2 is 2.00 bits per heavy atom. The van der Waals surface area contributed by atoms with E-state index in [0.717, 1.165) is 30.4 Å². The Labute approximate surface area is 119 Å². The van der Waals surface area contributed by atoms with Gasteiger partial charge in [-0.25, -0.2) is 9.97 Å². The lowest BCUT2D eigenvalue weighted by Gasteiger charge is -2.24. The van der Waals surface area contributed by atoms with Crippen LogP contribution in [0.2, 0.25) is 0 Å². The minimum Gasteiger partial charge on any atom is -0.373 e. The third-order valence-electron chi connectivity index (χ3n) is 3.72. The average Bonchev–Trinajstić information content (AvgIpc) is 2.69. The third-order valence-corrected chi connectivity index (χ3v) is 3.72. The maximum Gasteiger partial charge on any atom is 0.138 e. The van der Waals surface area contributed by atoms with Crippen LogP contribution in [0.3, 0.4) is 0 Å². The molecule has 4 heteroatoms. The van der Waals surface area contributed by atoms with Gasteiger partial charge in [-0.1, -0.05) is 18.2 Å². The van der Waals surface area contributed by atoms with Crippen LogP contribution in [0.4, 0.5) is 17.3 Å². The molecule has 20 heavy (non-hydrogen) atoms. The summed E-state index contributed by atoms with van der Waals surface area (Å²) in [5.41, 5.74) is 2.69. The van der Waals surface area contributed by atoms with Crippen LogP contribution in [0.5, 0.6) is 0 Å². The van der Waals surface area contributed by atoms with Crippen LogP contribution >= 0.6 is 0 Å². The fraction of sp³-hybridized carbons (Fsp3) is 0.375. The molecule has 1 aliphatic rings. The molecule has 2 aromatic rings. The summed E-state index contributed by atoms with van der Waals surface area (Å²) in [4.78, 5) is 11.3. The van der Waals surface area contributed by atoms with E-state index >= 15 is 0 Å². The molecule has 0 saturated heterocycles. The smallest absolute Gasteiger partial charge is 0.138 e. The van der Waals surface area contributed by atoms with E-state index < -0.39 is 0 Å². The number of benzene rings is 1. The first kappa shape index (κ1) is 12.9. The Bertz CT molecular complexity index is 609. The maximum absolute atomic E-state index is 4.62. The largest absolute Gasteiger partial charge is 0.373 e. The number of rotatable bonds is 2. The number of aryl methyl sites for hydroxylation is 2. The SMILES string of the molecule is CNc1cc(N2CCCCc3ccccc32)nc(C)n1. The number of nitrogens with one attached hydrogen (secondary N) is 1. The molecule has 0 bridgehead atoms. The van der Waals surface area contributed by atoms with Gasteiger partial charge in [0.15, 0.2) is 0 Å². The van der Waals surface area contributed by atoms with Crippen molar-refractivity contribution in [3.63, 3.8) is 0 Å². The molecule has 0 amide bonds. The Kier molecular flexibility index (Phi) is 3.54. The topological polar surface area (TPSA) is 41.0 Å². The first-order valence-electron chi connectivity index (χ1n) is 7.17. The normalized spacial score (nSPS) is 14.6. The van der Waals surface area contributed by atoms with Crippen LogP contribution in [-0.4, -0.2) is 23.6 Å². The number of anilines is 3. The van der Waals surface area contributed by atoms with E-state index in [1.165, 1.54) is 24.1 Å². The quantitative estimate of drug-likeness (QED) is 0.907. The van der Waals surface area contributed by atoms with E-state index in [9.17, 15) is 0 Å². The molecule has 3 rings (SSSR count). The molecule has 0 spiro atoms. The fourth-order valence-electron chi connectivity index (χ4n) is 2.75. The molecular formula is C16H20N4. The highest BCUT2D eigenvalue weighted by Crippen LogP contribution is 2.32. The van der Waals surface area contributed by atoms with Crippen molar-refractivity contribution in [1.29, 1.82) is 0 Å². The van der Waals surface area contributed by atoms with Crippen molar-refractivity contribution in [3.05, 3.63) is 41.7 Å². The molecule has 0 unspecified atom stereocenters. The summed E-state index contributed by atoms with van der Waals surface area (Å²) >= 11 is 0. The molecule has 0 atom stereocenters. The van der Waals surface area contributed by atoms with Gasteiger partial charge in [0.1, 0.15) is 17.5 Å². The van der Waals surface area contributed by atoms with Gasteiger partial charge < -0.3 is 10.2 Å². The Balaban J connectivity index is 2.07. The first-order chi connectivity index (χ1) is 9.78. The third kappa shape index (κ3) is 2.46. The molecule has 1 aliphatic heterocycles. The highest BCUT2D eigenvalue weighted by Gasteiger charge is 2.18. The van der Waals surface area contributed by atoms with Gasteiger partial charge >= 0.3 is 0 Å². The summed E-state index contributed by atoms with van der Waals surface area (Å²) in [5.74, 6) is 2.65. The van der Waals surface area contributed by atoms with Crippen molar-refractivity contribution in [3.8, 4) is 0 Å². The van der Waals surface area contributed by atoms with Crippen molar-refractivity contribution in [2.45, 2.75) is 26.2 Å². The predicted octanol–water partition coefficient (Wildman–Crippen LogP) is 3.30. The van der Waals surface area contributed by atoms with Crippen LogP contribution in [-0.2, 0) is 6.42 Å². The number of hydrogen-bond acceptors (Lipinski definition) is 4. The second kappa shape index (κ2) is 5.49. The molecule has 4 nitrogen and oxygen atoms in total. The average molecular weight is 268 g/mol. The predicted molar refractivity (Wildman–Crippen MR) is 82.7 cm³/mol. The van der Waals surface area contributed by atoms with Gasteiger partial charge in [0.25, 0.3) is 0 Å². The highest BCUT2D eigenvalue weighted by molar-refractivity contribution is 5.66. The lowest BCUT2D eigenvalue weighted by Crippen LogP contribution is -2.20. The lowest BCUT2D eigenvalue weighted by atomic mass is 10.1. The van der Waals surface area contributed by atoms with Gasteiger partial charge in [-0.05, 0) is 37.8 Å². The highest BCUT2D eigenvalue weighted by atomic mass is 15.2. The Hall–Kier alpha value is -2.10. The van der Waals surface area contributed by atoms with E-state index in [-0.39, 0.29) is 0 Å². The Morgan fingerprint density at radius 3 is 2.85 bits per heavy atom. The minimum absolute atomic E-state index is 0.800. The van der Waals surface area contributed by atoms with Gasteiger partial charge in [-0.2, -0.15) is 0 Å². The second-order valence-corrected chi connectivity index (χ2v) is 5.15. The van der Waals surface area contributed by atoms with Crippen LogP contribution < -0.4 is 10.2 Å². The number of nitrogens with zero attached hydrogens (tertiary/aromatic N) is 3. The molecule has 0 radical (unpaired) electrons. The van der Waals surface area contributed by atoms with Crippen LogP contribution in [0, 0.1) is 6.92 Å². The van der Waals surface area contributed by atoms with E-state index in [2.05, 4.69) is 44.5 Å². The van der Waals surface area contributed by atoms with Gasteiger partial charge in [0.05, 0.1) is 0 Å². The minimum atomic E-state index is 0.800. The lowest BCUT2D eigenvalue weighted by molar-refractivity contribution is 0.756. The van der Waals surface area contributed by atoms with Crippen molar-refractivity contribution in [2.75, 3.05) is 23.8 Å². The molecular weight excluding hydrogens is 248 g/mol.